The van der Waals surface area contributed by atoms with Crippen LogP contribution in [0.4, 0.5) is 0 Å². The summed E-state index contributed by atoms with van der Waals surface area (Å²) >= 11 is 0. The Kier molecular flexibility index (Phi) is 4.09. The molecule has 0 bridgehead atoms. The lowest BCUT2D eigenvalue weighted by Crippen LogP contribution is -2.28. The molecule has 0 aliphatic heterocycles. The molecule has 16 heavy (non-hydrogen) atoms. The summed E-state index contributed by atoms with van der Waals surface area (Å²) in [7, 11) is 2.12. The summed E-state index contributed by atoms with van der Waals surface area (Å²) in [6.07, 6.45) is 0. The van der Waals surface area contributed by atoms with Crippen LogP contribution in [0.3, 0.4) is 0 Å². The highest BCUT2D eigenvalue weighted by Crippen LogP contribution is 2.16. The van der Waals surface area contributed by atoms with Crippen molar-refractivity contribution < 1.29 is 0 Å². The molecule has 1 aromatic rings. The predicted molar refractivity (Wildman–Crippen MR) is 66.9 cm³/mol. The van der Waals surface area contributed by atoms with E-state index in [1.54, 1.807) is 0 Å². The van der Waals surface area contributed by atoms with Gasteiger partial charge in [-0.2, -0.15) is 5.26 Å². The Labute approximate surface area is 98.5 Å². The van der Waals surface area contributed by atoms with Crippen LogP contribution in [0.1, 0.15) is 31.9 Å². The van der Waals surface area contributed by atoms with Gasteiger partial charge in [-0.1, -0.05) is 32.9 Å². The molecule has 0 fully saturated rings. The van der Waals surface area contributed by atoms with Crippen molar-refractivity contribution in [1.29, 1.82) is 5.26 Å². The van der Waals surface area contributed by atoms with E-state index in [1.807, 2.05) is 18.2 Å². The van der Waals surface area contributed by atoms with Gasteiger partial charge >= 0.3 is 0 Å². The summed E-state index contributed by atoms with van der Waals surface area (Å²) in [5.74, 6) is 0. The first kappa shape index (κ1) is 12.7. The van der Waals surface area contributed by atoms with Crippen LogP contribution >= 0.6 is 0 Å². The lowest BCUT2D eigenvalue weighted by Gasteiger charge is -2.26. The molecule has 0 N–H and O–H groups in total. The van der Waals surface area contributed by atoms with E-state index in [9.17, 15) is 0 Å². The van der Waals surface area contributed by atoms with E-state index < -0.39 is 0 Å². The van der Waals surface area contributed by atoms with Crippen molar-refractivity contribution in [1.82, 2.24) is 4.90 Å². The Bertz CT molecular complexity index is 382. The van der Waals surface area contributed by atoms with Crippen molar-refractivity contribution in [3.63, 3.8) is 0 Å². The minimum absolute atomic E-state index is 0.307. The maximum Gasteiger partial charge on any atom is 0.0991 e. The summed E-state index contributed by atoms with van der Waals surface area (Å²) < 4.78 is 0. The average molecular weight is 216 g/mol. The van der Waals surface area contributed by atoms with Crippen LogP contribution in [-0.2, 0) is 6.54 Å². The van der Waals surface area contributed by atoms with Crippen molar-refractivity contribution in [2.75, 3.05) is 13.6 Å². The van der Waals surface area contributed by atoms with Crippen molar-refractivity contribution in [3.05, 3.63) is 35.4 Å². The summed E-state index contributed by atoms with van der Waals surface area (Å²) in [6.45, 7) is 8.64. The first-order chi connectivity index (χ1) is 7.40. The Morgan fingerprint density at radius 2 is 2.00 bits per heavy atom. The molecule has 1 rings (SSSR count). The fourth-order valence-corrected chi connectivity index (χ4v) is 1.92. The molecule has 2 nitrogen and oxygen atoms in total. The van der Waals surface area contributed by atoms with Crippen molar-refractivity contribution in [2.24, 2.45) is 5.41 Å². The number of benzene rings is 1. The highest BCUT2D eigenvalue weighted by atomic mass is 15.1. The Hall–Kier alpha value is -1.33. The second-order valence-electron chi connectivity index (χ2n) is 5.55. The standard InChI is InChI=1S/C14H20N2/c1-14(2,3)11-16(4)10-13-7-5-6-12(8-13)9-15/h5-8H,10-11H2,1-4H3. The van der Waals surface area contributed by atoms with Gasteiger partial charge in [-0.3, -0.25) is 0 Å². The van der Waals surface area contributed by atoms with E-state index in [4.69, 9.17) is 5.26 Å². The second-order valence-corrected chi connectivity index (χ2v) is 5.55. The van der Waals surface area contributed by atoms with Crippen LogP contribution in [-0.4, -0.2) is 18.5 Å². The Morgan fingerprint density at radius 1 is 1.31 bits per heavy atom. The molecule has 0 aliphatic rings. The van der Waals surface area contributed by atoms with Gasteiger partial charge in [0.15, 0.2) is 0 Å². The molecule has 0 saturated heterocycles. The quantitative estimate of drug-likeness (QED) is 0.776. The number of rotatable bonds is 3. The summed E-state index contributed by atoms with van der Waals surface area (Å²) in [6, 6.07) is 9.98. The first-order valence-electron chi connectivity index (χ1n) is 5.58. The Balaban J connectivity index is 2.63. The largest absolute Gasteiger partial charge is 0.302 e. The van der Waals surface area contributed by atoms with E-state index in [2.05, 4.69) is 44.9 Å². The van der Waals surface area contributed by atoms with Gasteiger partial charge < -0.3 is 4.90 Å². The van der Waals surface area contributed by atoms with Crippen LogP contribution in [0.2, 0.25) is 0 Å². The molecular weight excluding hydrogens is 196 g/mol. The summed E-state index contributed by atoms with van der Waals surface area (Å²) in [5, 5.41) is 8.82. The van der Waals surface area contributed by atoms with Crippen molar-refractivity contribution in [3.8, 4) is 6.07 Å². The third-order valence-corrected chi connectivity index (χ3v) is 2.25. The first-order valence-corrected chi connectivity index (χ1v) is 5.58. The zero-order chi connectivity index (χ0) is 12.2. The molecule has 1 aromatic carbocycles. The van der Waals surface area contributed by atoms with E-state index in [0.29, 0.717) is 5.41 Å². The van der Waals surface area contributed by atoms with E-state index in [0.717, 1.165) is 18.7 Å². The van der Waals surface area contributed by atoms with Gasteiger partial charge in [-0.05, 0) is 30.2 Å². The lowest BCUT2D eigenvalue weighted by molar-refractivity contribution is 0.221. The molecule has 0 radical (unpaired) electrons. The molecule has 0 spiro atoms. The fraction of sp³-hybridized carbons (Fsp3) is 0.500. The molecule has 0 saturated carbocycles. The van der Waals surface area contributed by atoms with Crippen LogP contribution in [0.15, 0.2) is 24.3 Å². The predicted octanol–water partition coefficient (Wildman–Crippen LogP) is 3.04. The maximum atomic E-state index is 8.82. The fourth-order valence-electron chi connectivity index (χ4n) is 1.92. The number of hydrogen-bond acceptors (Lipinski definition) is 2. The maximum absolute atomic E-state index is 8.82. The molecule has 2 heteroatoms. The highest BCUT2D eigenvalue weighted by molar-refractivity contribution is 5.32. The van der Waals surface area contributed by atoms with Crippen LogP contribution in [0.25, 0.3) is 0 Å². The van der Waals surface area contributed by atoms with Gasteiger partial charge in [0.1, 0.15) is 0 Å². The average Bonchev–Trinajstić information content (AvgIpc) is 2.15. The van der Waals surface area contributed by atoms with Gasteiger partial charge in [0.05, 0.1) is 11.6 Å². The summed E-state index contributed by atoms with van der Waals surface area (Å²) in [5.41, 5.74) is 2.24. The summed E-state index contributed by atoms with van der Waals surface area (Å²) in [4.78, 5) is 2.29. The molecule has 86 valence electrons. The van der Waals surface area contributed by atoms with Crippen LogP contribution < -0.4 is 0 Å². The number of nitrogens with zero attached hydrogens (tertiary/aromatic N) is 2. The minimum Gasteiger partial charge on any atom is -0.302 e. The lowest BCUT2D eigenvalue weighted by atomic mass is 9.96. The normalized spacial score (nSPS) is 11.5. The van der Waals surface area contributed by atoms with Gasteiger partial charge in [0.2, 0.25) is 0 Å². The van der Waals surface area contributed by atoms with Gasteiger partial charge in [-0.25, -0.2) is 0 Å². The van der Waals surface area contributed by atoms with Crippen molar-refractivity contribution >= 4 is 0 Å². The molecular formula is C14H20N2. The smallest absolute Gasteiger partial charge is 0.0991 e. The zero-order valence-electron chi connectivity index (χ0n) is 10.6. The second kappa shape index (κ2) is 5.14. The van der Waals surface area contributed by atoms with Crippen LogP contribution in [0.5, 0.6) is 0 Å². The van der Waals surface area contributed by atoms with E-state index in [-0.39, 0.29) is 0 Å². The Morgan fingerprint density at radius 3 is 2.56 bits per heavy atom. The zero-order valence-corrected chi connectivity index (χ0v) is 10.6. The molecule has 0 amide bonds. The molecule has 0 heterocycles. The van der Waals surface area contributed by atoms with E-state index >= 15 is 0 Å². The third kappa shape index (κ3) is 4.46. The molecule has 0 unspecified atom stereocenters. The minimum atomic E-state index is 0.307. The number of hydrogen-bond donors (Lipinski definition) is 0. The SMILES string of the molecule is CN(Cc1cccc(C#N)c1)CC(C)(C)C. The monoisotopic (exact) mass is 216 g/mol. The molecule has 0 atom stereocenters. The molecule has 0 aromatic heterocycles. The van der Waals surface area contributed by atoms with Crippen molar-refractivity contribution in [2.45, 2.75) is 27.3 Å². The topological polar surface area (TPSA) is 27.0 Å². The van der Waals surface area contributed by atoms with Gasteiger partial charge in [0.25, 0.3) is 0 Å². The molecule has 0 aliphatic carbocycles. The number of nitriles is 1. The van der Waals surface area contributed by atoms with E-state index in [1.165, 1.54) is 5.56 Å². The highest BCUT2D eigenvalue weighted by Gasteiger charge is 2.13. The third-order valence-electron chi connectivity index (χ3n) is 2.25. The van der Waals surface area contributed by atoms with Crippen LogP contribution in [0, 0.1) is 16.7 Å². The van der Waals surface area contributed by atoms with Gasteiger partial charge in [0, 0.05) is 13.1 Å². The van der Waals surface area contributed by atoms with Gasteiger partial charge in [-0.15, -0.1) is 0 Å².